The second kappa shape index (κ2) is 4.13. The topological polar surface area (TPSA) is 76.8 Å². The standard InChI is InChI=1S/C6H10N4OS/c1-2-11-3-4-8-5(7)10-6(12)9-4/h2-3H2,1H3,(H3,7,8,9,10,12). The van der Waals surface area contributed by atoms with Crippen LogP contribution >= 0.6 is 12.2 Å². The summed E-state index contributed by atoms with van der Waals surface area (Å²) in [6.45, 7) is 2.91. The zero-order valence-electron chi connectivity index (χ0n) is 6.70. The second-order valence-corrected chi connectivity index (χ2v) is 2.47. The number of anilines is 1. The molecule has 1 rings (SSSR count). The van der Waals surface area contributed by atoms with E-state index < -0.39 is 0 Å². The SMILES string of the molecule is CCOCc1nc(=S)nc(N)[nH]1. The van der Waals surface area contributed by atoms with Gasteiger partial charge >= 0.3 is 0 Å². The third-order valence-electron chi connectivity index (χ3n) is 1.16. The number of nitrogens with one attached hydrogen (secondary N) is 1. The van der Waals surface area contributed by atoms with E-state index in [9.17, 15) is 0 Å². The van der Waals surface area contributed by atoms with E-state index in [0.29, 0.717) is 19.0 Å². The van der Waals surface area contributed by atoms with E-state index in [1.807, 2.05) is 6.92 Å². The average molecular weight is 186 g/mol. The Balaban J connectivity index is 2.79. The Bertz CT molecular complexity index is 311. The Morgan fingerprint density at radius 3 is 2.92 bits per heavy atom. The molecule has 0 unspecified atom stereocenters. The molecule has 0 amide bonds. The molecule has 0 spiro atoms. The van der Waals surface area contributed by atoms with E-state index in [1.165, 1.54) is 0 Å². The molecular formula is C6H10N4OS. The van der Waals surface area contributed by atoms with E-state index in [2.05, 4.69) is 15.0 Å². The fraction of sp³-hybridized carbons (Fsp3) is 0.500. The lowest BCUT2D eigenvalue weighted by Gasteiger charge is -2.00. The molecule has 1 aromatic heterocycles. The summed E-state index contributed by atoms with van der Waals surface area (Å²) in [7, 11) is 0. The molecule has 12 heavy (non-hydrogen) atoms. The number of nitrogens with zero attached hydrogens (tertiary/aromatic N) is 2. The van der Waals surface area contributed by atoms with Gasteiger partial charge in [-0.3, -0.25) is 0 Å². The Morgan fingerprint density at radius 2 is 2.33 bits per heavy atom. The Morgan fingerprint density at radius 1 is 1.58 bits per heavy atom. The van der Waals surface area contributed by atoms with Gasteiger partial charge in [0.1, 0.15) is 12.4 Å². The van der Waals surface area contributed by atoms with Crippen LogP contribution in [0.5, 0.6) is 0 Å². The van der Waals surface area contributed by atoms with Crippen molar-refractivity contribution in [3.8, 4) is 0 Å². The summed E-state index contributed by atoms with van der Waals surface area (Å²) in [5.41, 5.74) is 5.40. The maximum absolute atomic E-state index is 5.40. The van der Waals surface area contributed by atoms with Crippen LogP contribution in [0.3, 0.4) is 0 Å². The van der Waals surface area contributed by atoms with Crippen molar-refractivity contribution < 1.29 is 4.74 Å². The minimum absolute atomic E-state index is 0.237. The first-order valence-corrected chi connectivity index (χ1v) is 3.93. The first-order chi connectivity index (χ1) is 5.72. The number of hydrogen-bond donors (Lipinski definition) is 2. The van der Waals surface area contributed by atoms with Crippen molar-refractivity contribution in [2.45, 2.75) is 13.5 Å². The lowest BCUT2D eigenvalue weighted by molar-refractivity contribution is 0.128. The van der Waals surface area contributed by atoms with Gasteiger partial charge in [0.25, 0.3) is 0 Å². The highest BCUT2D eigenvalue weighted by Crippen LogP contribution is 1.95. The average Bonchev–Trinajstić information content (AvgIpc) is 1.99. The van der Waals surface area contributed by atoms with Crippen LogP contribution in [0.2, 0.25) is 0 Å². The quantitative estimate of drug-likeness (QED) is 0.678. The van der Waals surface area contributed by atoms with Crippen LogP contribution in [-0.2, 0) is 11.3 Å². The maximum Gasteiger partial charge on any atom is 0.224 e. The monoisotopic (exact) mass is 186 g/mol. The summed E-state index contributed by atoms with van der Waals surface area (Å²) in [5.74, 6) is 0.874. The first-order valence-electron chi connectivity index (χ1n) is 3.53. The van der Waals surface area contributed by atoms with Crippen LogP contribution in [0.1, 0.15) is 12.7 Å². The molecule has 3 N–H and O–H groups in total. The molecule has 1 heterocycles. The van der Waals surface area contributed by atoms with Gasteiger partial charge in [0, 0.05) is 6.61 Å². The number of nitrogens with two attached hydrogens (primary N) is 1. The van der Waals surface area contributed by atoms with Crippen molar-refractivity contribution in [3.05, 3.63) is 10.6 Å². The molecule has 0 atom stereocenters. The second-order valence-electron chi connectivity index (χ2n) is 2.10. The van der Waals surface area contributed by atoms with E-state index in [1.54, 1.807) is 0 Å². The van der Waals surface area contributed by atoms with Gasteiger partial charge in [-0.2, -0.15) is 4.98 Å². The summed E-state index contributed by atoms with van der Waals surface area (Å²) in [4.78, 5) is 10.4. The highest BCUT2D eigenvalue weighted by Gasteiger charge is 1.96. The number of aromatic amines is 1. The minimum atomic E-state index is 0.237. The van der Waals surface area contributed by atoms with Crippen LogP contribution < -0.4 is 5.73 Å². The number of ether oxygens (including phenoxy) is 1. The number of hydrogen-bond acceptors (Lipinski definition) is 5. The summed E-state index contributed by atoms with van der Waals surface area (Å²) in [6, 6.07) is 0. The molecule has 6 heteroatoms. The van der Waals surface area contributed by atoms with Gasteiger partial charge in [-0.25, -0.2) is 4.98 Å². The highest BCUT2D eigenvalue weighted by atomic mass is 32.1. The summed E-state index contributed by atoms with van der Waals surface area (Å²) in [6.07, 6.45) is 0. The Labute approximate surface area is 75.0 Å². The molecule has 1 aromatic rings. The summed E-state index contributed by atoms with van der Waals surface area (Å²) >= 11 is 4.76. The molecule has 0 saturated carbocycles. The summed E-state index contributed by atoms with van der Waals surface area (Å²) in [5, 5.41) is 0. The summed E-state index contributed by atoms with van der Waals surface area (Å²) < 4.78 is 5.34. The largest absolute Gasteiger partial charge is 0.374 e. The predicted octanol–water partition coefficient (Wildman–Crippen LogP) is 0.653. The number of nitrogen functional groups attached to an aromatic ring is 1. The smallest absolute Gasteiger partial charge is 0.224 e. The molecule has 0 aromatic carbocycles. The van der Waals surface area contributed by atoms with Gasteiger partial charge in [-0.1, -0.05) is 0 Å². The molecule has 0 fully saturated rings. The Hall–Kier alpha value is -1.01. The highest BCUT2D eigenvalue weighted by molar-refractivity contribution is 7.71. The molecule has 0 bridgehead atoms. The number of H-pyrrole nitrogens is 1. The van der Waals surface area contributed by atoms with Crippen molar-refractivity contribution in [1.29, 1.82) is 0 Å². The van der Waals surface area contributed by atoms with E-state index in [4.69, 9.17) is 22.7 Å². The fourth-order valence-corrected chi connectivity index (χ4v) is 0.923. The maximum atomic E-state index is 5.40. The zero-order chi connectivity index (χ0) is 8.97. The predicted molar refractivity (Wildman–Crippen MR) is 47.0 cm³/mol. The van der Waals surface area contributed by atoms with Crippen molar-refractivity contribution in [3.63, 3.8) is 0 Å². The third kappa shape index (κ3) is 2.55. The van der Waals surface area contributed by atoms with Crippen LogP contribution in [0.15, 0.2) is 0 Å². The molecular weight excluding hydrogens is 176 g/mol. The van der Waals surface area contributed by atoms with Crippen molar-refractivity contribution >= 4 is 18.2 Å². The van der Waals surface area contributed by atoms with Gasteiger partial charge < -0.3 is 15.5 Å². The van der Waals surface area contributed by atoms with Crippen molar-refractivity contribution in [2.75, 3.05) is 12.3 Å². The molecule has 0 aliphatic rings. The van der Waals surface area contributed by atoms with Crippen molar-refractivity contribution in [2.24, 2.45) is 0 Å². The van der Waals surface area contributed by atoms with Gasteiger partial charge in [-0.05, 0) is 19.1 Å². The lowest BCUT2D eigenvalue weighted by atomic mass is 10.6. The molecule has 0 radical (unpaired) electrons. The van der Waals surface area contributed by atoms with Gasteiger partial charge in [0.2, 0.25) is 10.7 Å². The van der Waals surface area contributed by atoms with E-state index >= 15 is 0 Å². The van der Waals surface area contributed by atoms with Gasteiger partial charge in [0.15, 0.2) is 0 Å². The van der Waals surface area contributed by atoms with Crippen LogP contribution in [0.25, 0.3) is 0 Å². The molecule has 0 saturated heterocycles. The molecule has 5 nitrogen and oxygen atoms in total. The van der Waals surface area contributed by atoms with Crippen LogP contribution in [0, 0.1) is 4.77 Å². The zero-order valence-corrected chi connectivity index (χ0v) is 7.52. The number of rotatable bonds is 3. The molecule has 0 aliphatic heterocycles. The minimum Gasteiger partial charge on any atom is -0.374 e. The van der Waals surface area contributed by atoms with Gasteiger partial charge in [0.05, 0.1) is 0 Å². The van der Waals surface area contributed by atoms with Crippen molar-refractivity contribution in [1.82, 2.24) is 15.0 Å². The first kappa shape index (κ1) is 9.08. The van der Waals surface area contributed by atoms with E-state index in [0.717, 1.165) is 0 Å². The Kier molecular flexibility index (Phi) is 3.12. The number of aromatic nitrogens is 3. The van der Waals surface area contributed by atoms with Gasteiger partial charge in [-0.15, -0.1) is 0 Å². The normalized spacial score (nSPS) is 10.1. The fourth-order valence-electron chi connectivity index (χ4n) is 0.714. The molecule has 66 valence electrons. The van der Waals surface area contributed by atoms with Crippen LogP contribution in [0.4, 0.5) is 5.95 Å². The van der Waals surface area contributed by atoms with Crippen LogP contribution in [-0.4, -0.2) is 21.6 Å². The lowest BCUT2D eigenvalue weighted by Crippen LogP contribution is -2.04. The third-order valence-corrected chi connectivity index (χ3v) is 1.34. The van der Waals surface area contributed by atoms with E-state index in [-0.39, 0.29) is 10.7 Å². The molecule has 0 aliphatic carbocycles.